The highest BCUT2D eigenvalue weighted by atomic mass is 19.1. The summed E-state index contributed by atoms with van der Waals surface area (Å²) in [5.74, 6) is -1.88. The summed E-state index contributed by atoms with van der Waals surface area (Å²) < 4.78 is 14.9. The molecule has 9 nitrogen and oxygen atoms in total. The molecule has 0 aliphatic carbocycles. The molecule has 3 N–H and O–H groups in total. The highest BCUT2D eigenvalue weighted by molar-refractivity contribution is 5.92. The van der Waals surface area contributed by atoms with Crippen LogP contribution < -0.4 is 5.32 Å². The summed E-state index contributed by atoms with van der Waals surface area (Å²) in [4.78, 5) is 19.5. The molecule has 2 aromatic carbocycles. The molecule has 0 aliphatic rings. The fraction of sp³-hybridized carbons (Fsp3) is 0. The molecule has 10 heteroatoms. The number of rotatable bonds is 4. The molecule has 0 saturated heterocycles. The SMILES string of the molecule is O=C(O)c1cc(Nc2ncc3nnn(-c4cccc(F)c4)c3n2)ccc1O. The maximum Gasteiger partial charge on any atom is 0.339 e. The zero-order chi connectivity index (χ0) is 19.0. The minimum atomic E-state index is -1.26. The van der Waals surface area contributed by atoms with Crippen LogP contribution in [0.5, 0.6) is 5.75 Å². The summed E-state index contributed by atoms with van der Waals surface area (Å²) >= 11 is 0. The second kappa shape index (κ2) is 6.33. The molecule has 4 rings (SSSR count). The number of fused-ring (bicyclic) bond motifs is 1. The van der Waals surface area contributed by atoms with E-state index in [4.69, 9.17) is 5.11 Å². The number of aromatic hydroxyl groups is 1. The Morgan fingerprint density at radius 3 is 2.81 bits per heavy atom. The van der Waals surface area contributed by atoms with Crippen molar-refractivity contribution in [3.63, 3.8) is 0 Å². The van der Waals surface area contributed by atoms with Crippen molar-refractivity contribution in [1.82, 2.24) is 25.0 Å². The topological polar surface area (TPSA) is 126 Å². The first kappa shape index (κ1) is 16.4. The van der Waals surface area contributed by atoms with Gasteiger partial charge in [-0.15, -0.1) is 5.10 Å². The van der Waals surface area contributed by atoms with Crippen LogP contribution in [-0.2, 0) is 0 Å². The van der Waals surface area contributed by atoms with Crippen molar-refractivity contribution in [1.29, 1.82) is 0 Å². The zero-order valence-corrected chi connectivity index (χ0v) is 13.5. The molecule has 0 saturated carbocycles. The van der Waals surface area contributed by atoms with Gasteiger partial charge in [-0.3, -0.25) is 0 Å². The Kier molecular flexibility index (Phi) is 3.84. The van der Waals surface area contributed by atoms with Crippen LogP contribution in [0.25, 0.3) is 16.9 Å². The van der Waals surface area contributed by atoms with Gasteiger partial charge in [-0.05, 0) is 36.4 Å². The fourth-order valence-corrected chi connectivity index (χ4v) is 2.48. The fourth-order valence-electron chi connectivity index (χ4n) is 2.48. The van der Waals surface area contributed by atoms with E-state index in [0.717, 1.165) is 0 Å². The number of hydrogen-bond acceptors (Lipinski definition) is 7. The Morgan fingerprint density at radius 1 is 1.19 bits per heavy atom. The van der Waals surface area contributed by atoms with Crippen molar-refractivity contribution in [3.05, 3.63) is 60.0 Å². The quantitative estimate of drug-likeness (QED) is 0.470. The second-order valence-electron chi connectivity index (χ2n) is 5.55. The van der Waals surface area contributed by atoms with Gasteiger partial charge in [0.15, 0.2) is 11.2 Å². The first-order valence-electron chi connectivity index (χ1n) is 7.69. The van der Waals surface area contributed by atoms with Crippen LogP contribution in [0.4, 0.5) is 16.0 Å². The number of phenols is 1. The Bertz CT molecular complexity index is 1180. The van der Waals surface area contributed by atoms with Crippen molar-refractivity contribution in [2.45, 2.75) is 0 Å². The normalized spacial score (nSPS) is 10.9. The first-order chi connectivity index (χ1) is 13.0. The van der Waals surface area contributed by atoms with Crippen molar-refractivity contribution in [3.8, 4) is 11.4 Å². The Labute approximate surface area is 150 Å². The molecular formula is C17H11FN6O3. The monoisotopic (exact) mass is 366 g/mol. The number of hydrogen-bond donors (Lipinski definition) is 3. The number of carbonyl (C=O) groups is 1. The molecule has 0 atom stereocenters. The molecular weight excluding hydrogens is 355 g/mol. The largest absolute Gasteiger partial charge is 0.507 e. The van der Waals surface area contributed by atoms with Crippen molar-refractivity contribution in [2.24, 2.45) is 0 Å². The second-order valence-corrected chi connectivity index (χ2v) is 5.55. The summed E-state index contributed by atoms with van der Waals surface area (Å²) in [6.07, 6.45) is 1.44. The van der Waals surface area contributed by atoms with Crippen LogP contribution in [0, 0.1) is 5.82 Å². The van der Waals surface area contributed by atoms with E-state index in [9.17, 15) is 14.3 Å². The number of halogens is 1. The zero-order valence-electron chi connectivity index (χ0n) is 13.5. The van der Waals surface area contributed by atoms with Crippen LogP contribution in [-0.4, -0.2) is 41.1 Å². The molecule has 0 spiro atoms. The summed E-state index contributed by atoms with van der Waals surface area (Å²) in [5, 5.41) is 29.4. The molecule has 0 unspecified atom stereocenters. The Hall–Kier alpha value is -4.08. The summed E-state index contributed by atoms with van der Waals surface area (Å²) in [6, 6.07) is 9.81. The number of anilines is 2. The van der Waals surface area contributed by atoms with Gasteiger partial charge in [0.2, 0.25) is 5.95 Å². The number of nitrogens with zero attached hydrogens (tertiary/aromatic N) is 5. The van der Waals surface area contributed by atoms with Gasteiger partial charge in [0.25, 0.3) is 0 Å². The molecule has 0 amide bonds. The first-order valence-corrected chi connectivity index (χ1v) is 7.69. The number of nitrogens with one attached hydrogen (secondary N) is 1. The third-order valence-electron chi connectivity index (χ3n) is 3.73. The van der Waals surface area contributed by atoms with E-state index in [2.05, 4.69) is 25.6 Å². The van der Waals surface area contributed by atoms with E-state index < -0.39 is 11.8 Å². The minimum Gasteiger partial charge on any atom is -0.507 e. The average molecular weight is 366 g/mol. The number of aromatic nitrogens is 5. The lowest BCUT2D eigenvalue weighted by Crippen LogP contribution is -2.03. The number of benzene rings is 2. The van der Waals surface area contributed by atoms with E-state index in [0.29, 0.717) is 22.5 Å². The number of carboxylic acids is 1. The summed E-state index contributed by atoms with van der Waals surface area (Å²) in [5.41, 5.74) is 1.30. The van der Waals surface area contributed by atoms with Gasteiger partial charge < -0.3 is 15.5 Å². The Morgan fingerprint density at radius 2 is 2.04 bits per heavy atom. The van der Waals surface area contributed by atoms with Crippen LogP contribution >= 0.6 is 0 Å². The maximum atomic E-state index is 13.5. The van der Waals surface area contributed by atoms with Crippen molar-refractivity contribution in [2.75, 3.05) is 5.32 Å². The molecule has 134 valence electrons. The smallest absolute Gasteiger partial charge is 0.339 e. The van der Waals surface area contributed by atoms with Gasteiger partial charge in [-0.25, -0.2) is 14.2 Å². The van der Waals surface area contributed by atoms with E-state index in [1.807, 2.05) is 0 Å². The average Bonchev–Trinajstić information content (AvgIpc) is 3.06. The van der Waals surface area contributed by atoms with Crippen molar-refractivity contribution >= 4 is 28.8 Å². The van der Waals surface area contributed by atoms with Gasteiger partial charge in [-0.2, -0.15) is 9.67 Å². The van der Waals surface area contributed by atoms with Gasteiger partial charge in [0, 0.05) is 5.69 Å². The maximum absolute atomic E-state index is 13.5. The molecule has 2 heterocycles. The molecule has 0 radical (unpaired) electrons. The lowest BCUT2D eigenvalue weighted by Gasteiger charge is -2.07. The van der Waals surface area contributed by atoms with E-state index in [1.165, 1.54) is 41.2 Å². The highest BCUT2D eigenvalue weighted by Gasteiger charge is 2.13. The lowest BCUT2D eigenvalue weighted by molar-refractivity contribution is 0.0694. The van der Waals surface area contributed by atoms with Gasteiger partial charge >= 0.3 is 5.97 Å². The van der Waals surface area contributed by atoms with Gasteiger partial charge in [0.1, 0.15) is 17.1 Å². The molecule has 2 aromatic heterocycles. The number of aromatic carboxylic acids is 1. The predicted octanol–water partition coefficient (Wildman–Crippen LogP) is 2.50. The molecule has 4 aromatic rings. The molecule has 0 bridgehead atoms. The van der Waals surface area contributed by atoms with Crippen molar-refractivity contribution < 1.29 is 19.4 Å². The van der Waals surface area contributed by atoms with Crippen LogP contribution in [0.2, 0.25) is 0 Å². The molecule has 0 fully saturated rings. The minimum absolute atomic E-state index is 0.157. The van der Waals surface area contributed by atoms with E-state index in [-0.39, 0.29) is 17.3 Å². The summed E-state index contributed by atoms with van der Waals surface area (Å²) in [7, 11) is 0. The van der Waals surface area contributed by atoms with Crippen LogP contribution in [0.3, 0.4) is 0 Å². The Balaban J connectivity index is 1.73. The van der Waals surface area contributed by atoms with Gasteiger partial charge in [0.05, 0.1) is 11.9 Å². The third-order valence-corrected chi connectivity index (χ3v) is 3.73. The standard InChI is InChI=1S/C17H11FN6O3/c18-9-2-1-3-11(6-9)24-15-13(22-23-24)8-19-17(21-15)20-10-4-5-14(25)12(7-10)16(26)27/h1-8,25H,(H,26,27)(H,19,20,21). The van der Waals surface area contributed by atoms with Crippen LogP contribution in [0.1, 0.15) is 10.4 Å². The molecule has 27 heavy (non-hydrogen) atoms. The van der Waals surface area contributed by atoms with E-state index >= 15 is 0 Å². The third kappa shape index (κ3) is 3.11. The lowest BCUT2D eigenvalue weighted by atomic mass is 10.2. The summed E-state index contributed by atoms with van der Waals surface area (Å²) in [6.45, 7) is 0. The van der Waals surface area contributed by atoms with E-state index in [1.54, 1.807) is 12.1 Å². The molecule has 0 aliphatic heterocycles. The predicted molar refractivity (Wildman–Crippen MR) is 92.8 cm³/mol. The highest BCUT2D eigenvalue weighted by Crippen LogP contribution is 2.24. The number of carboxylic acid groups (broad SMARTS) is 1. The van der Waals surface area contributed by atoms with Crippen LogP contribution in [0.15, 0.2) is 48.7 Å². The van der Waals surface area contributed by atoms with Gasteiger partial charge in [-0.1, -0.05) is 11.3 Å².